The number of ether oxygens (including phenoxy) is 1. The summed E-state index contributed by atoms with van der Waals surface area (Å²) in [5.41, 5.74) is 6.00. The van der Waals surface area contributed by atoms with Crippen molar-refractivity contribution < 1.29 is 42.7 Å². The molecule has 0 aliphatic carbocycles. The average Bonchev–Trinajstić information content (AvgIpc) is 3.35. The minimum absolute atomic E-state index is 0.00182. The number of carbonyl (C=O) groups is 7. The smallest absolute Gasteiger partial charge is 0.341 e. The second kappa shape index (κ2) is 18.0. The highest BCUT2D eigenvalue weighted by atomic mass is 32.1. The standard InChI is InChI=1S/C28H36FN7O8S/c1-4-18(16-5-7-17(29)8-6-16)25(41)36-27-23(28(43)44-3)15(2)24(45-27)26(42)32-10-9-31-20(38)12-34-22(40)14-35-21(39)13-33-19(37)11-30/h5-8,18H,4,9-14,30H2,1-3H3,(H,31,38)(H,32,42)(H,33,37)(H,34,40)(H,35,39)(H,36,41). The summed E-state index contributed by atoms with van der Waals surface area (Å²) in [5.74, 6) is -5.18. The largest absolute Gasteiger partial charge is 0.465 e. The monoisotopic (exact) mass is 649 g/mol. The number of amides is 6. The fraction of sp³-hybridized carbons (Fsp3) is 0.393. The predicted molar refractivity (Wildman–Crippen MR) is 162 cm³/mol. The van der Waals surface area contributed by atoms with Crippen LogP contribution in [0.25, 0.3) is 0 Å². The molecule has 0 radical (unpaired) electrons. The van der Waals surface area contributed by atoms with Gasteiger partial charge in [-0.05, 0) is 36.6 Å². The van der Waals surface area contributed by atoms with Crippen molar-refractivity contribution >= 4 is 57.8 Å². The molecular weight excluding hydrogens is 613 g/mol. The fourth-order valence-corrected chi connectivity index (χ4v) is 5.00. The maximum Gasteiger partial charge on any atom is 0.341 e. The van der Waals surface area contributed by atoms with Crippen LogP contribution in [0, 0.1) is 12.7 Å². The first-order valence-corrected chi connectivity index (χ1v) is 14.6. The number of halogens is 1. The van der Waals surface area contributed by atoms with Crippen molar-refractivity contribution in [3.63, 3.8) is 0 Å². The Labute approximate surface area is 262 Å². The van der Waals surface area contributed by atoms with E-state index in [1.165, 1.54) is 38.3 Å². The summed E-state index contributed by atoms with van der Waals surface area (Å²) >= 11 is 0.884. The van der Waals surface area contributed by atoms with Crippen LogP contribution in [0.15, 0.2) is 24.3 Å². The number of hydrogen-bond acceptors (Lipinski definition) is 10. The van der Waals surface area contributed by atoms with Gasteiger partial charge in [-0.1, -0.05) is 19.1 Å². The summed E-state index contributed by atoms with van der Waals surface area (Å²) in [7, 11) is 1.17. The highest BCUT2D eigenvalue weighted by molar-refractivity contribution is 7.18. The molecule has 0 aliphatic rings. The van der Waals surface area contributed by atoms with Gasteiger partial charge in [-0.15, -0.1) is 11.3 Å². The van der Waals surface area contributed by atoms with Crippen molar-refractivity contribution in [1.29, 1.82) is 0 Å². The SMILES string of the molecule is CCC(C(=O)Nc1sc(C(=O)NCCNC(=O)CNC(=O)CNC(=O)CNC(=O)CN)c(C)c1C(=O)OC)c1ccc(F)cc1. The molecule has 0 saturated carbocycles. The van der Waals surface area contributed by atoms with Crippen molar-refractivity contribution in [2.75, 3.05) is 51.7 Å². The number of benzene rings is 1. The van der Waals surface area contributed by atoms with E-state index in [4.69, 9.17) is 10.5 Å². The minimum atomic E-state index is -0.750. The molecule has 1 aromatic heterocycles. The molecular formula is C28H36FN7O8S. The van der Waals surface area contributed by atoms with Gasteiger partial charge in [0.1, 0.15) is 10.8 Å². The van der Waals surface area contributed by atoms with Gasteiger partial charge in [-0.2, -0.15) is 0 Å². The second-order valence-electron chi connectivity index (χ2n) is 9.39. The molecule has 1 unspecified atom stereocenters. The van der Waals surface area contributed by atoms with Crippen LogP contribution >= 0.6 is 11.3 Å². The molecule has 0 bridgehead atoms. The van der Waals surface area contributed by atoms with E-state index >= 15 is 0 Å². The van der Waals surface area contributed by atoms with Crippen LogP contribution in [0.4, 0.5) is 9.39 Å². The van der Waals surface area contributed by atoms with E-state index in [1.807, 2.05) is 0 Å². The van der Waals surface area contributed by atoms with Crippen molar-refractivity contribution in [1.82, 2.24) is 26.6 Å². The lowest BCUT2D eigenvalue weighted by molar-refractivity contribution is -0.128. The quantitative estimate of drug-likeness (QED) is 0.0897. The predicted octanol–water partition coefficient (Wildman–Crippen LogP) is -0.732. The average molecular weight is 650 g/mol. The molecule has 244 valence electrons. The molecule has 2 aromatic rings. The van der Waals surface area contributed by atoms with Crippen LogP contribution in [0.1, 0.15) is 50.4 Å². The zero-order valence-corrected chi connectivity index (χ0v) is 25.8. The van der Waals surface area contributed by atoms with Crippen molar-refractivity contribution in [3.8, 4) is 0 Å². The van der Waals surface area contributed by atoms with Gasteiger partial charge in [0, 0.05) is 13.1 Å². The van der Waals surface area contributed by atoms with E-state index in [2.05, 4.69) is 31.9 Å². The Balaban J connectivity index is 1.89. The van der Waals surface area contributed by atoms with Gasteiger partial charge < -0.3 is 42.4 Å². The Kier molecular flexibility index (Phi) is 14.5. The normalized spacial score (nSPS) is 11.0. The Hall–Kier alpha value is -4.90. The number of thiophene rings is 1. The lowest BCUT2D eigenvalue weighted by Gasteiger charge is -2.15. The Bertz CT molecular complexity index is 1410. The summed E-state index contributed by atoms with van der Waals surface area (Å²) in [6.45, 7) is 1.89. The molecule has 17 heteroatoms. The fourth-order valence-electron chi connectivity index (χ4n) is 3.89. The van der Waals surface area contributed by atoms with Gasteiger partial charge in [0.2, 0.25) is 29.5 Å². The highest BCUT2D eigenvalue weighted by Gasteiger charge is 2.28. The van der Waals surface area contributed by atoms with E-state index in [0.717, 1.165) is 11.3 Å². The molecule has 8 N–H and O–H groups in total. The zero-order valence-electron chi connectivity index (χ0n) is 25.0. The Morgan fingerprint density at radius 1 is 0.844 bits per heavy atom. The lowest BCUT2D eigenvalue weighted by atomic mass is 9.95. The zero-order chi connectivity index (χ0) is 33.5. The number of carbonyl (C=O) groups excluding carboxylic acids is 7. The molecule has 0 aliphatic heterocycles. The topological polar surface area (TPSA) is 227 Å². The van der Waals surface area contributed by atoms with Crippen LogP contribution in [0.3, 0.4) is 0 Å². The molecule has 6 amide bonds. The Morgan fingerprint density at radius 3 is 1.91 bits per heavy atom. The lowest BCUT2D eigenvalue weighted by Crippen LogP contribution is -2.45. The van der Waals surface area contributed by atoms with E-state index in [9.17, 15) is 38.0 Å². The summed E-state index contributed by atoms with van der Waals surface area (Å²) in [6, 6.07) is 5.51. The maximum absolute atomic E-state index is 13.4. The first kappa shape index (κ1) is 36.3. The van der Waals surface area contributed by atoms with Gasteiger partial charge in [-0.3, -0.25) is 28.8 Å². The van der Waals surface area contributed by atoms with Crippen molar-refractivity contribution in [2.45, 2.75) is 26.2 Å². The molecule has 15 nitrogen and oxygen atoms in total. The first-order valence-electron chi connectivity index (χ1n) is 13.7. The van der Waals surface area contributed by atoms with Gasteiger partial charge >= 0.3 is 5.97 Å². The second-order valence-corrected chi connectivity index (χ2v) is 10.4. The summed E-state index contributed by atoms with van der Waals surface area (Å²) in [4.78, 5) is 85.2. The van der Waals surface area contributed by atoms with Crippen LogP contribution in [0.5, 0.6) is 0 Å². The maximum atomic E-state index is 13.4. The van der Waals surface area contributed by atoms with Crippen LogP contribution in [-0.2, 0) is 28.7 Å². The van der Waals surface area contributed by atoms with Gasteiger partial charge in [-0.25, -0.2) is 9.18 Å². The molecule has 45 heavy (non-hydrogen) atoms. The third-order valence-electron chi connectivity index (χ3n) is 6.23. The highest BCUT2D eigenvalue weighted by Crippen LogP contribution is 2.35. The first-order chi connectivity index (χ1) is 21.4. The van der Waals surface area contributed by atoms with Crippen molar-refractivity contribution in [2.24, 2.45) is 5.73 Å². The third-order valence-corrected chi connectivity index (χ3v) is 7.44. The number of anilines is 1. The molecule has 0 fully saturated rings. The van der Waals surface area contributed by atoms with E-state index in [-0.39, 0.29) is 47.2 Å². The van der Waals surface area contributed by atoms with Crippen LogP contribution in [-0.4, -0.2) is 87.8 Å². The summed E-state index contributed by atoms with van der Waals surface area (Å²) in [5, 5.41) is 14.8. The number of hydrogen-bond donors (Lipinski definition) is 7. The number of nitrogens with two attached hydrogens (primary N) is 1. The van der Waals surface area contributed by atoms with Gasteiger partial charge in [0.15, 0.2) is 0 Å². The van der Waals surface area contributed by atoms with Crippen LogP contribution < -0.4 is 37.6 Å². The summed E-state index contributed by atoms with van der Waals surface area (Å²) in [6.07, 6.45) is 0.394. The number of rotatable bonds is 16. The molecule has 0 saturated heterocycles. The van der Waals surface area contributed by atoms with Crippen molar-refractivity contribution in [3.05, 3.63) is 51.7 Å². The summed E-state index contributed by atoms with van der Waals surface area (Å²) < 4.78 is 18.2. The van der Waals surface area contributed by atoms with E-state index in [1.54, 1.807) is 6.92 Å². The number of esters is 1. The van der Waals surface area contributed by atoms with E-state index < -0.39 is 66.2 Å². The molecule has 1 heterocycles. The van der Waals surface area contributed by atoms with Gasteiger partial charge in [0.25, 0.3) is 5.91 Å². The molecule has 1 aromatic carbocycles. The molecule has 0 spiro atoms. The van der Waals surface area contributed by atoms with Crippen LogP contribution in [0.2, 0.25) is 0 Å². The molecule has 1 atom stereocenters. The van der Waals surface area contributed by atoms with Gasteiger partial charge in [0.05, 0.1) is 49.6 Å². The number of methoxy groups -OCH3 is 1. The Morgan fingerprint density at radius 2 is 1.38 bits per heavy atom. The van der Waals surface area contributed by atoms with E-state index in [0.29, 0.717) is 12.0 Å². The minimum Gasteiger partial charge on any atom is -0.465 e. The number of nitrogens with one attached hydrogen (secondary N) is 6. The molecule has 2 rings (SSSR count). The third kappa shape index (κ3) is 11.3.